The summed E-state index contributed by atoms with van der Waals surface area (Å²) in [6.07, 6.45) is 0.877. The number of aryl methyl sites for hydroxylation is 3. The van der Waals surface area contributed by atoms with E-state index in [9.17, 15) is 0 Å². The quantitative estimate of drug-likeness (QED) is 0.878. The molecule has 0 radical (unpaired) electrons. The fraction of sp³-hybridized carbons (Fsp3) is 0.294. The van der Waals surface area contributed by atoms with E-state index in [4.69, 9.17) is 5.73 Å². The Balaban J connectivity index is 2.23. The summed E-state index contributed by atoms with van der Waals surface area (Å²) in [6, 6.07) is 13.0. The summed E-state index contributed by atoms with van der Waals surface area (Å²) in [5.74, 6) is 0. The van der Waals surface area contributed by atoms with Crippen molar-refractivity contribution in [2.24, 2.45) is 5.73 Å². The first-order valence-electron chi connectivity index (χ1n) is 6.55. The number of hydrogen-bond acceptors (Lipinski definition) is 1. The number of nitrogens with two attached hydrogens (primary N) is 1. The minimum Gasteiger partial charge on any atom is -0.324 e. The number of benzene rings is 2. The van der Waals surface area contributed by atoms with Crippen LogP contribution in [0.5, 0.6) is 0 Å². The minimum atomic E-state index is 0.0484. The highest BCUT2D eigenvalue weighted by atomic mass is 79.9. The van der Waals surface area contributed by atoms with Gasteiger partial charge >= 0.3 is 0 Å². The van der Waals surface area contributed by atoms with Crippen LogP contribution in [0.1, 0.15) is 33.9 Å². The van der Waals surface area contributed by atoms with Crippen LogP contribution in [-0.4, -0.2) is 0 Å². The Morgan fingerprint density at radius 2 is 1.68 bits per heavy atom. The molecule has 0 saturated heterocycles. The van der Waals surface area contributed by atoms with E-state index in [0.29, 0.717) is 0 Å². The zero-order valence-corrected chi connectivity index (χ0v) is 13.3. The second kappa shape index (κ2) is 5.89. The highest BCUT2D eigenvalue weighted by molar-refractivity contribution is 9.10. The number of rotatable bonds is 3. The fourth-order valence-corrected chi connectivity index (χ4v) is 2.63. The van der Waals surface area contributed by atoms with Crippen LogP contribution in [0.4, 0.5) is 0 Å². The number of hydrogen-bond donors (Lipinski definition) is 1. The maximum Gasteiger partial charge on any atom is 0.0335 e. The predicted molar refractivity (Wildman–Crippen MR) is 85.4 cm³/mol. The van der Waals surface area contributed by atoms with Crippen molar-refractivity contribution >= 4 is 15.9 Å². The van der Waals surface area contributed by atoms with E-state index < -0.39 is 0 Å². The van der Waals surface area contributed by atoms with Gasteiger partial charge in [-0.1, -0.05) is 57.9 Å². The lowest BCUT2D eigenvalue weighted by Crippen LogP contribution is -2.14. The molecule has 0 heterocycles. The average molecular weight is 318 g/mol. The van der Waals surface area contributed by atoms with Crippen LogP contribution < -0.4 is 5.73 Å². The van der Waals surface area contributed by atoms with Gasteiger partial charge in [-0.05, 0) is 49.4 Å². The third kappa shape index (κ3) is 3.46. The van der Waals surface area contributed by atoms with Crippen molar-refractivity contribution in [3.8, 4) is 0 Å². The first kappa shape index (κ1) is 14.3. The molecule has 0 spiro atoms. The molecule has 2 aromatic rings. The summed E-state index contributed by atoms with van der Waals surface area (Å²) in [6.45, 7) is 6.34. The van der Waals surface area contributed by atoms with Gasteiger partial charge in [-0.15, -0.1) is 0 Å². The summed E-state index contributed by atoms with van der Waals surface area (Å²) in [7, 11) is 0. The smallest absolute Gasteiger partial charge is 0.0335 e. The van der Waals surface area contributed by atoms with Crippen LogP contribution in [0.15, 0.2) is 40.9 Å². The summed E-state index contributed by atoms with van der Waals surface area (Å²) in [4.78, 5) is 0. The first-order chi connectivity index (χ1) is 8.97. The molecule has 0 aliphatic heterocycles. The van der Waals surface area contributed by atoms with Gasteiger partial charge in [-0.25, -0.2) is 0 Å². The molecule has 1 atom stereocenters. The predicted octanol–water partition coefficient (Wildman–Crippen LogP) is 4.62. The van der Waals surface area contributed by atoms with Crippen molar-refractivity contribution in [3.63, 3.8) is 0 Å². The molecule has 2 N–H and O–H groups in total. The zero-order chi connectivity index (χ0) is 14.0. The molecule has 100 valence electrons. The lowest BCUT2D eigenvalue weighted by molar-refractivity contribution is 0.719. The monoisotopic (exact) mass is 317 g/mol. The van der Waals surface area contributed by atoms with E-state index in [-0.39, 0.29) is 6.04 Å². The summed E-state index contributed by atoms with van der Waals surface area (Å²) in [5, 5.41) is 0. The Hall–Kier alpha value is -1.12. The van der Waals surface area contributed by atoms with Crippen molar-refractivity contribution in [1.29, 1.82) is 0 Å². The third-order valence-corrected chi connectivity index (χ3v) is 4.68. The molecule has 0 aliphatic carbocycles. The van der Waals surface area contributed by atoms with Gasteiger partial charge in [0, 0.05) is 10.5 Å². The Morgan fingerprint density at radius 3 is 2.26 bits per heavy atom. The van der Waals surface area contributed by atoms with E-state index in [2.05, 4.69) is 73.1 Å². The molecule has 2 aromatic carbocycles. The molecule has 0 amide bonds. The van der Waals surface area contributed by atoms with E-state index in [1.54, 1.807) is 0 Å². The third-order valence-electron chi connectivity index (χ3n) is 3.43. The van der Waals surface area contributed by atoms with Crippen LogP contribution in [0.25, 0.3) is 0 Å². The van der Waals surface area contributed by atoms with Crippen molar-refractivity contribution in [2.45, 2.75) is 33.2 Å². The molecule has 0 bridgehead atoms. The van der Waals surface area contributed by atoms with Crippen molar-refractivity contribution in [3.05, 3.63) is 68.7 Å². The fourth-order valence-electron chi connectivity index (χ4n) is 2.40. The molecular formula is C17H20BrN. The van der Waals surface area contributed by atoms with E-state index in [1.165, 1.54) is 32.3 Å². The van der Waals surface area contributed by atoms with Gasteiger partial charge < -0.3 is 5.73 Å². The maximum absolute atomic E-state index is 6.35. The second-order valence-corrected chi connectivity index (χ2v) is 6.06. The lowest BCUT2D eigenvalue weighted by Gasteiger charge is -2.15. The highest BCUT2D eigenvalue weighted by Crippen LogP contribution is 2.26. The van der Waals surface area contributed by atoms with Gasteiger partial charge in [0.15, 0.2) is 0 Å². The Morgan fingerprint density at radius 1 is 1.05 bits per heavy atom. The standard InChI is InChI=1S/C17H20BrN/c1-11-5-4-6-14(7-11)10-16(19)15-8-12(2)17(18)13(3)9-15/h4-9,16H,10,19H2,1-3H3. The highest BCUT2D eigenvalue weighted by Gasteiger charge is 2.10. The van der Waals surface area contributed by atoms with Gasteiger partial charge in [0.2, 0.25) is 0 Å². The van der Waals surface area contributed by atoms with Crippen molar-refractivity contribution in [2.75, 3.05) is 0 Å². The molecule has 0 aromatic heterocycles. The lowest BCUT2D eigenvalue weighted by atomic mass is 9.96. The molecule has 1 unspecified atom stereocenters. The molecule has 2 rings (SSSR count). The molecule has 0 saturated carbocycles. The SMILES string of the molecule is Cc1cccc(CC(N)c2cc(C)c(Br)c(C)c2)c1. The normalized spacial score (nSPS) is 12.5. The Labute approximate surface area is 124 Å². The Kier molecular flexibility index (Phi) is 4.43. The molecular weight excluding hydrogens is 298 g/mol. The molecule has 19 heavy (non-hydrogen) atoms. The topological polar surface area (TPSA) is 26.0 Å². The van der Waals surface area contributed by atoms with Gasteiger partial charge in [0.05, 0.1) is 0 Å². The van der Waals surface area contributed by atoms with Crippen LogP contribution in [-0.2, 0) is 6.42 Å². The van der Waals surface area contributed by atoms with Crippen LogP contribution in [0.2, 0.25) is 0 Å². The molecule has 1 nitrogen and oxygen atoms in total. The molecule has 2 heteroatoms. The van der Waals surface area contributed by atoms with Crippen LogP contribution >= 0.6 is 15.9 Å². The van der Waals surface area contributed by atoms with Gasteiger partial charge in [-0.3, -0.25) is 0 Å². The summed E-state index contributed by atoms with van der Waals surface area (Å²) >= 11 is 3.60. The molecule has 0 fully saturated rings. The first-order valence-corrected chi connectivity index (χ1v) is 7.34. The summed E-state index contributed by atoms with van der Waals surface area (Å²) in [5.41, 5.74) is 12.6. The van der Waals surface area contributed by atoms with Crippen LogP contribution in [0.3, 0.4) is 0 Å². The summed E-state index contributed by atoms with van der Waals surface area (Å²) < 4.78 is 1.18. The van der Waals surface area contributed by atoms with Crippen molar-refractivity contribution < 1.29 is 0 Å². The van der Waals surface area contributed by atoms with Crippen molar-refractivity contribution in [1.82, 2.24) is 0 Å². The van der Waals surface area contributed by atoms with E-state index >= 15 is 0 Å². The van der Waals surface area contributed by atoms with Gasteiger partial charge in [0.1, 0.15) is 0 Å². The Bertz CT molecular complexity index is 567. The maximum atomic E-state index is 6.35. The van der Waals surface area contributed by atoms with E-state index in [0.717, 1.165) is 6.42 Å². The average Bonchev–Trinajstić information content (AvgIpc) is 2.35. The van der Waals surface area contributed by atoms with Gasteiger partial charge in [-0.2, -0.15) is 0 Å². The van der Waals surface area contributed by atoms with Crippen LogP contribution in [0, 0.1) is 20.8 Å². The minimum absolute atomic E-state index is 0.0484. The van der Waals surface area contributed by atoms with E-state index in [1.807, 2.05) is 0 Å². The zero-order valence-electron chi connectivity index (χ0n) is 11.7. The second-order valence-electron chi connectivity index (χ2n) is 5.27. The van der Waals surface area contributed by atoms with Gasteiger partial charge in [0.25, 0.3) is 0 Å². The number of halogens is 1. The molecule has 0 aliphatic rings. The largest absolute Gasteiger partial charge is 0.324 e.